The van der Waals surface area contributed by atoms with Crippen molar-refractivity contribution in [2.24, 2.45) is 0 Å². The van der Waals surface area contributed by atoms with Gasteiger partial charge in [0.15, 0.2) is 6.29 Å². The van der Waals surface area contributed by atoms with Crippen LogP contribution in [-0.2, 0) is 38.3 Å². The molecule has 0 radical (unpaired) electrons. The Labute approximate surface area is 386 Å². The van der Waals surface area contributed by atoms with Crippen molar-refractivity contribution in [2.75, 3.05) is 26.4 Å². The number of aliphatic hydroxyl groups excluding tert-OH is 3. The smallest absolute Gasteiger partial charge is 0.397 e. The molecule has 1 aliphatic rings. The minimum absolute atomic E-state index is 0.000866. The molecule has 6 unspecified atom stereocenters. The highest BCUT2D eigenvalue weighted by Gasteiger charge is 2.48. The van der Waals surface area contributed by atoms with Crippen LogP contribution in [0.3, 0.4) is 0 Å². The minimum atomic E-state index is -5.08. The van der Waals surface area contributed by atoms with E-state index in [1.54, 1.807) is 0 Å². The van der Waals surface area contributed by atoms with Crippen LogP contribution in [0.5, 0.6) is 0 Å². The molecule has 13 heteroatoms. The molecule has 0 saturated carbocycles. The van der Waals surface area contributed by atoms with Gasteiger partial charge < -0.3 is 34.3 Å². The molecule has 1 rings (SSSR count). The fourth-order valence-electron chi connectivity index (χ4n) is 6.59. The summed E-state index contributed by atoms with van der Waals surface area (Å²) in [5, 5.41) is 30.7. The fourth-order valence-corrected chi connectivity index (χ4v) is 7.09. The Morgan fingerprint density at radius 2 is 1.08 bits per heavy atom. The fraction of sp³-hybridized carbons (Fsp3) is 0.667. The molecule has 1 aliphatic heterocycles. The maximum absolute atomic E-state index is 12.9. The maximum Gasteiger partial charge on any atom is 0.397 e. The molecular formula is C51H84O12S. The average molecular weight is 921 g/mol. The second-order valence-corrected chi connectivity index (χ2v) is 17.0. The zero-order valence-electron chi connectivity index (χ0n) is 39.0. The van der Waals surface area contributed by atoms with Crippen LogP contribution in [0.2, 0.25) is 0 Å². The zero-order chi connectivity index (χ0) is 46.8. The van der Waals surface area contributed by atoms with E-state index in [4.69, 9.17) is 18.9 Å². The molecule has 4 N–H and O–H groups in total. The summed E-state index contributed by atoms with van der Waals surface area (Å²) in [6, 6.07) is 0. The lowest BCUT2D eigenvalue weighted by Gasteiger charge is -2.41. The first-order valence-electron chi connectivity index (χ1n) is 24.0. The number of carbonyl (C=O) groups is 1. The van der Waals surface area contributed by atoms with Crippen molar-refractivity contribution < 1.29 is 56.2 Å². The van der Waals surface area contributed by atoms with Gasteiger partial charge in [-0.3, -0.25) is 9.35 Å². The van der Waals surface area contributed by atoms with E-state index in [0.717, 1.165) is 109 Å². The van der Waals surface area contributed by atoms with Crippen molar-refractivity contribution in [1.82, 2.24) is 0 Å². The van der Waals surface area contributed by atoms with Crippen LogP contribution in [-0.4, -0.2) is 97.5 Å². The van der Waals surface area contributed by atoms with Gasteiger partial charge in [0.05, 0.1) is 19.8 Å². The first kappa shape index (κ1) is 59.0. The van der Waals surface area contributed by atoms with Crippen LogP contribution in [0, 0.1) is 0 Å². The Hall–Kier alpha value is -2.98. The molecule has 0 aromatic carbocycles. The third kappa shape index (κ3) is 34.4. The number of hydrogen-bond donors (Lipinski definition) is 4. The van der Waals surface area contributed by atoms with Crippen molar-refractivity contribution in [3.05, 3.63) is 97.2 Å². The molecule has 0 amide bonds. The van der Waals surface area contributed by atoms with Crippen LogP contribution in [0.15, 0.2) is 97.2 Å². The standard InChI is InChI=1S/C51H84O12S/c1-3-5-7-9-11-13-15-17-19-20-21-22-23-24-25-27-29-31-33-35-37-39-41-59-43-45(44-60-51-49(55)50(63-64(56,57)58)48(54)46(42-52)62-51)61-47(53)40-38-36-34-32-30-28-26-18-16-14-12-10-8-6-4-2/h5,7,11-14,17-19,21-22,24-26,29,31,45-46,48-52,54-55H,3-4,6,8-10,15-16,20,23,27-28,30,32-44H2,1-2H3,(H,56,57,58)/b7-5-,13-11-,14-12-,19-17-,22-21-,25-24-,26-18-,31-29-. The third-order valence-electron chi connectivity index (χ3n) is 10.2. The summed E-state index contributed by atoms with van der Waals surface area (Å²) in [7, 11) is -5.08. The number of unbranched alkanes of at least 4 members (excludes halogenated alkanes) is 11. The van der Waals surface area contributed by atoms with Gasteiger partial charge in [-0.05, 0) is 96.3 Å². The van der Waals surface area contributed by atoms with Crippen LogP contribution in [0.1, 0.15) is 155 Å². The van der Waals surface area contributed by atoms with E-state index >= 15 is 0 Å². The molecule has 0 spiro atoms. The largest absolute Gasteiger partial charge is 0.457 e. The molecule has 0 aromatic heterocycles. The summed E-state index contributed by atoms with van der Waals surface area (Å²) in [5.74, 6) is -0.430. The minimum Gasteiger partial charge on any atom is -0.457 e. The van der Waals surface area contributed by atoms with E-state index in [1.807, 2.05) is 0 Å². The molecular weight excluding hydrogens is 837 g/mol. The van der Waals surface area contributed by atoms with Gasteiger partial charge in [-0.15, -0.1) is 0 Å². The molecule has 6 atom stereocenters. The highest BCUT2D eigenvalue weighted by atomic mass is 32.3. The molecule has 0 bridgehead atoms. The van der Waals surface area contributed by atoms with Crippen LogP contribution in [0.4, 0.5) is 0 Å². The van der Waals surface area contributed by atoms with Crippen LogP contribution >= 0.6 is 0 Å². The first-order chi connectivity index (χ1) is 31.1. The van der Waals surface area contributed by atoms with E-state index in [9.17, 15) is 33.1 Å². The Morgan fingerprint density at radius 1 is 0.609 bits per heavy atom. The lowest BCUT2D eigenvalue weighted by Crippen LogP contribution is -2.60. The SMILES string of the molecule is CC/C=C\C/C=C\C/C=C\C/C=C\C/C=C\C/C=C\CCCCCOCC(COC1OC(CO)C(O)C(OS(=O)(=O)O)C1O)OC(=O)CCCCCCC/C=C\C/C=C\CCCCC. The van der Waals surface area contributed by atoms with Crippen molar-refractivity contribution in [3.8, 4) is 0 Å². The highest BCUT2D eigenvalue weighted by molar-refractivity contribution is 7.80. The molecule has 1 fully saturated rings. The van der Waals surface area contributed by atoms with Crippen molar-refractivity contribution in [1.29, 1.82) is 0 Å². The van der Waals surface area contributed by atoms with E-state index in [0.29, 0.717) is 13.0 Å². The Balaban J connectivity index is 2.45. The number of carbonyl (C=O) groups excluding carboxylic acids is 1. The summed E-state index contributed by atoms with van der Waals surface area (Å²) in [6.07, 6.45) is 47.2. The van der Waals surface area contributed by atoms with Gasteiger partial charge in [0.25, 0.3) is 0 Å². The monoisotopic (exact) mass is 921 g/mol. The number of hydrogen-bond acceptors (Lipinski definition) is 11. The number of esters is 1. The van der Waals surface area contributed by atoms with Crippen LogP contribution < -0.4 is 0 Å². The maximum atomic E-state index is 12.9. The molecule has 1 saturated heterocycles. The van der Waals surface area contributed by atoms with Gasteiger partial charge in [-0.25, -0.2) is 4.18 Å². The Morgan fingerprint density at radius 3 is 1.58 bits per heavy atom. The summed E-state index contributed by atoms with van der Waals surface area (Å²) in [6.45, 7) is 3.72. The summed E-state index contributed by atoms with van der Waals surface area (Å²) in [4.78, 5) is 12.9. The van der Waals surface area contributed by atoms with Crippen molar-refractivity contribution in [2.45, 2.75) is 192 Å². The lowest BCUT2D eigenvalue weighted by atomic mass is 9.99. The topological polar surface area (TPSA) is 178 Å². The molecule has 1 heterocycles. The quantitative estimate of drug-likeness (QED) is 0.0198. The Bertz CT molecular complexity index is 1480. The summed E-state index contributed by atoms with van der Waals surface area (Å²) in [5.41, 5.74) is 0. The number of aliphatic hydroxyl groups is 3. The predicted octanol–water partition coefficient (Wildman–Crippen LogP) is 10.6. The lowest BCUT2D eigenvalue weighted by molar-refractivity contribution is -0.301. The van der Waals surface area contributed by atoms with E-state index in [2.05, 4.69) is 115 Å². The first-order valence-corrected chi connectivity index (χ1v) is 25.4. The van der Waals surface area contributed by atoms with E-state index in [-0.39, 0.29) is 19.6 Å². The van der Waals surface area contributed by atoms with Gasteiger partial charge in [0.2, 0.25) is 0 Å². The normalized spacial score (nSPS) is 20.6. The predicted molar refractivity (Wildman–Crippen MR) is 257 cm³/mol. The zero-order valence-corrected chi connectivity index (χ0v) is 39.9. The number of ether oxygens (including phenoxy) is 4. The molecule has 12 nitrogen and oxygen atoms in total. The molecule has 0 aliphatic carbocycles. The molecule has 64 heavy (non-hydrogen) atoms. The number of allylic oxidation sites excluding steroid dienone is 16. The van der Waals surface area contributed by atoms with Gasteiger partial charge in [-0.1, -0.05) is 150 Å². The third-order valence-corrected chi connectivity index (χ3v) is 10.7. The molecule has 366 valence electrons. The number of rotatable bonds is 40. The van der Waals surface area contributed by atoms with E-state index in [1.165, 1.54) is 19.3 Å². The highest BCUT2D eigenvalue weighted by Crippen LogP contribution is 2.26. The summed E-state index contributed by atoms with van der Waals surface area (Å²) >= 11 is 0. The van der Waals surface area contributed by atoms with Gasteiger partial charge in [0, 0.05) is 13.0 Å². The average Bonchev–Trinajstić information content (AvgIpc) is 3.27. The molecule has 0 aromatic rings. The van der Waals surface area contributed by atoms with Gasteiger partial charge in [0.1, 0.15) is 30.5 Å². The van der Waals surface area contributed by atoms with Gasteiger partial charge >= 0.3 is 16.4 Å². The van der Waals surface area contributed by atoms with Gasteiger partial charge in [-0.2, -0.15) is 8.42 Å². The summed E-state index contributed by atoms with van der Waals surface area (Å²) < 4.78 is 59.1. The van der Waals surface area contributed by atoms with Crippen molar-refractivity contribution >= 4 is 16.4 Å². The van der Waals surface area contributed by atoms with Crippen molar-refractivity contribution in [3.63, 3.8) is 0 Å². The van der Waals surface area contributed by atoms with E-state index < -0.39 is 59.8 Å². The van der Waals surface area contributed by atoms with Crippen LogP contribution in [0.25, 0.3) is 0 Å². The second kappa shape index (κ2) is 41.5. The second-order valence-electron chi connectivity index (χ2n) is 16.0. The Kier molecular flexibility index (Phi) is 38.2.